The van der Waals surface area contributed by atoms with Crippen molar-refractivity contribution in [1.29, 1.82) is 0 Å². The van der Waals surface area contributed by atoms with Crippen LogP contribution in [0.15, 0.2) is 11.4 Å². The summed E-state index contributed by atoms with van der Waals surface area (Å²) in [5.41, 5.74) is 1.48. The molecule has 0 spiro atoms. The molecule has 0 bridgehead atoms. The first-order valence-electron chi connectivity index (χ1n) is 7.65. The van der Waals surface area contributed by atoms with Gasteiger partial charge in [0.1, 0.15) is 0 Å². The molecule has 2 rings (SSSR count). The highest BCUT2D eigenvalue weighted by atomic mass is 32.1. The SMILES string of the molecule is CCCNC(c1ccsc1C)C1(OCC)CCCC1. The number of nitrogens with one attached hydrogen (secondary N) is 1. The molecule has 0 aliphatic heterocycles. The molecular weight excluding hydrogens is 254 g/mol. The van der Waals surface area contributed by atoms with E-state index in [-0.39, 0.29) is 5.60 Å². The summed E-state index contributed by atoms with van der Waals surface area (Å²) >= 11 is 1.85. The second-order valence-corrected chi connectivity index (χ2v) is 6.64. The van der Waals surface area contributed by atoms with E-state index in [2.05, 4.69) is 37.5 Å². The maximum Gasteiger partial charge on any atom is 0.0876 e. The summed E-state index contributed by atoms with van der Waals surface area (Å²) in [7, 11) is 0. The average Bonchev–Trinajstić information content (AvgIpc) is 3.02. The van der Waals surface area contributed by atoms with E-state index in [1.54, 1.807) is 0 Å². The zero-order valence-electron chi connectivity index (χ0n) is 12.5. The normalized spacial score (nSPS) is 19.7. The van der Waals surface area contributed by atoms with Crippen LogP contribution in [0.1, 0.15) is 62.4 Å². The molecule has 0 amide bonds. The van der Waals surface area contributed by atoms with Gasteiger partial charge in [0.25, 0.3) is 0 Å². The predicted molar refractivity (Wildman–Crippen MR) is 82.9 cm³/mol. The Morgan fingerprint density at radius 2 is 2.11 bits per heavy atom. The van der Waals surface area contributed by atoms with Crippen molar-refractivity contribution >= 4 is 11.3 Å². The monoisotopic (exact) mass is 281 g/mol. The molecule has 1 fully saturated rings. The fourth-order valence-electron chi connectivity index (χ4n) is 3.34. The van der Waals surface area contributed by atoms with Crippen LogP contribution in [0.2, 0.25) is 0 Å². The van der Waals surface area contributed by atoms with Gasteiger partial charge in [0.05, 0.1) is 11.6 Å². The largest absolute Gasteiger partial charge is 0.373 e. The van der Waals surface area contributed by atoms with E-state index >= 15 is 0 Å². The van der Waals surface area contributed by atoms with Crippen molar-refractivity contribution in [2.75, 3.05) is 13.2 Å². The van der Waals surface area contributed by atoms with E-state index in [1.807, 2.05) is 11.3 Å². The van der Waals surface area contributed by atoms with E-state index in [9.17, 15) is 0 Å². The first-order chi connectivity index (χ1) is 9.23. The zero-order chi connectivity index (χ0) is 13.7. The molecular formula is C16H27NOS. The Hall–Kier alpha value is -0.380. The van der Waals surface area contributed by atoms with Gasteiger partial charge in [-0.05, 0) is 56.7 Å². The van der Waals surface area contributed by atoms with Gasteiger partial charge < -0.3 is 10.1 Å². The van der Waals surface area contributed by atoms with Crippen molar-refractivity contribution in [3.63, 3.8) is 0 Å². The second-order valence-electron chi connectivity index (χ2n) is 5.52. The third-order valence-corrected chi connectivity index (χ3v) is 5.08. The minimum absolute atomic E-state index is 0.0236. The number of rotatable bonds is 7. The Balaban J connectivity index is 2.27. The highest BCUT2D eigenvalue weighted by Crippen LogP contribution is 2.44. The summed E-state index contributed by atoms with van der Waals surface area (Å²) < 4.78 is 6.27. The first-order valence-corrected chi connectivity index (χ1v) is 8.53. The smallest absolute Gasteiger partial charge is 0.0876 e. The van der Waals surface area contributed by atoms with Crippen LogP contribution in [-0.4, -0.2) is 18.8 Å². The summed E-state index contributed by atoms with van der Waals surface area (Å²) in [5.74, 6) is 0. The van der Waals surface area contributed by atoms with E-state index in [0.717, 1.165) is 13.2 Å². The maximum absolute atomic E-state index is 6.27. The van der Waals surface area contributed by atoms with E-state index in [4.69, 9.17) is 4.74 Å². The van der Waals surface area contributed by atoms with Crippen molar-refractivity contribution in [3.05, 3.63) is 21.9 Å². The number of aryl methyl sites for hydroxylation is 1. The van der Waals surface area contributed by atoms with Crippen molar-refractivity contribution in [3.8, 4) is 0 Å². The zero-order valence-corrected chi connectivity index (χ0v) is 13.3. The summed E-state index contributed by atoms with van der Waals surface area (Å²) in [6.45, 7) is 8.46. The summed E-state index contributed by atoms with van der Waals surface area (Å²) in [6.07, 6.45) is 6.15. The quantitative estimate of drug-likeness (QED) is 0.797. The minimum Gasteiger partial charge on any atom is -0.373 e. The lowest BCUT2D eigenvalue weighted by Crippen LogP contribution is -2.44. The molecule has 1 saturated carbocycles. The summed E-state index contributed by atoms with van der Waals surface area (Å²) in [4.78, 5) is 1.43. The molecule has 0 radical (unpaired) electrons. The molecule has 1 heterocycles. The van der Waals surface area contributed by atoms with Crippen LogP contribution in [-0.2, 0) is 4.74 Å². The predicted octanol–water partition coefficient (Wildman–Crippen LogP) is 4.45. The van der Waals surface area contributed by atoms with E-state index in [0.29, 0.717) is 6.04 Å². The lowest BCUT2D eigenvalue weighted by molar-refractivity contribution is -0.0626. The van der Waals surface area contributed by atoms with Crippen LogP contribution >= 0.6 is 11.3 Å². The van der Waals surface area contributed by atoms with Crippen LogP contribution in [0.5, 0.6) is 0 Å². The standard InChI is InChI=1S/C16H27NOS/c1-4-11-17-15(14-8-12-19-13(14)3)16(18-5-2)9-6-7-10-16/h8,12,15,17H,4-7,9-11H2,1-3H3. The fraction of sp³-hybridized carbons (Fsp3) is 0.750. The molecule has 1 atom stereocenters. The van der Waals surface area contributed by atoms with Crippen molar-refractivity contribution in [1.82, 2.24) is 5.32 Å². The second kappa shape index (κ2) is 6.87. The van der Waals surface area contributed by atoms with Crippen molar-refractivity contribution in [2.45, 2.75) is 64.5 Å². The molecule has 3 heteroatoms. The Kier molecular flexibility index (Phi) is 5.43. The average molecular weight is 281 g/mol. The maximum atomic E-state index is 6.27. The van der Waals surface area contributed by atoms with E-state index in [1.165, 1.54) is 42.5 Å². The number of ether oxygens (including phenoxy) is 1. The molecule has 1 aliphatic carbocycles. The van der Waals surface area contributed by atoms with Crippen LogP contribution < -0.4 is 5.32 Å². The minimum atomic E-state index is 0.0236. The Bertz CT molecular complexity index is 382. The van der Waals surface area contributed by atoms with Gasteiger partial charge in [0, 0.05) is 11.5 Å². The molecule has 1 unspecified atom stereocenters. The molecule has 1 aromatic rings. The summed E-state index contributed by atoms with van der Waals surface area (Å²) in [6, 6.07) is 2.65. The highest BCUT2D eigenvalue weighted by Gasteiger charge is 2.43. The molecule has 1 aromatic heterocycles. The molecule has 2 nitrogen and oxygen atoms in total. The number of hydrogen-bond donors (Lipinski definition) is 1. The Morgan fingerprint density at radius 3 is 2.63 bits per heavy atom. The third-order valence-electron chi connectivity index (χ3n) is 4.22. The van der Waals surface area contributed by atoms with Gasteiger partial charge in [0.2, 0.25) is 0 Å². The van der Waals surface area contributed by atoms with Crippen LogP contribution in [0.4, 0.5) is 0 Å². The van der Waals surface area contributed by atoms with Crippen molar-refractivity contribution in [2.24, 2.45) is 0 Å². The summed E-state index contributed by atoms with van der Waals surface area (Å²) in [5, 5.41) is 5.97. The first kappa shape index (κ1) is 15.0. The molecule has 0 aromatic carbocycles. The van der Waals surface area contributed by atoms with Crippen LogP contribution in [0.3, 0.4) is 0 Å². The molecule has 108 valence electrons. The van der Waals surface area contributed by atoms with Gasteiger partial charge >= 0.3 is 0 Å². The lowest BCUT2D eigenvalue weighted by atomic mass is 9.86. The van der Waals surface area contributed by atoms with Crippen molar-refractivity contribution < 1.29 is 4.74 Å². The molecule has 1 N–H and O–H groups in total. The molecule has 0 saturated heterocycles. The van der Waals surface area contributed by atoms with Gasteiger partial charge in [-0.25, -0.2) is 0 Å². The van der Waals surface area contributed by atoms with E-state index < -0.39 is 0 Å². The van der Waals surface area contributed by atoms with Gasteiger partial charge in [0.15, 0.2) is 0 Å². The van der Waals surface area contributed by atoms with Crippen LogP contribution in [0, 0.1) is 6.92 Å². The van der Waals surface area contributed by atoms with Gasteiger partial charge in [-0.2, -0.15) is 0 Å². The fourth-order valence-corrected chi connectivity index (χ4v) is 4.08. The molecule has 19 heavy (non-hydrogen) atoms. The third kappa shape index (κ3) is 3.21. The Labute approximate surface area is 121 Å². The lowest BCUT2D eigenvalue weighted by Gasteiger charge is -2.38. The van der Waals surface area contributed by atoms with Gasteiger partial charge in [-0.3, -0.25) is 0 Å². The Morgan fingerprint density at radius 1 is 1.37 bits per heavy atom. The number of thiophene rings is 1. The number of hydrogen-bond acceptors (Lipinski definition) is 3. The molecule has 1 aliphatic rings. The van der Waals surface area contributed by atoms with Gasteiger partial charge in [-0.15, -0.1) is 11.3 Å². The topological polar surface area (TPSA) is 21.3 Å². The van der Waals surface area contributed by atoms with Gasteiger partial charge in [-0.1, -0.05) is 19.8 Å². The van der Waals surface area contributed by atoms with Crippen LogP contribution in [0.25, 0.3) is 0 Å². The highest BCUT2D eigenvalue weighted by molar-refractivity contribution is 7.10.